The highest BCUT2D eigenvalue weighted by Crippen LogP contribution is 2.54. The average Bonchev–Trinajstić information content (AvgIpc) is 2.91. The Morgan fingerprint density at radius 2 is 1.17 bits per heavy atom. The van der Waals surface area contributed by atoms with E-state index in [-0.39, 0.29) is 44.4 Å². The van der Waals surface area contributed by atoms with Gasteiger partial charge in [0, 0.05) is 23.1 Å². The third-order valence-corrected chi connectivity index (χ3v) is 7.19. The molecular weight excluding hydrogens is 552 g/mol. The predicted molar refractivity (Wildman–Crippen MR) is 148 cm³/mol. The summed E-state index contributed by atoms with van der Waals surface area (Å²) in [7, 11) is 2.20. The van der Waals surface area contributed by atoms with Gasteiger partial charge in [-0.2, -0.15) is 0 Å². The van der Waals surface area contributed by atoms with Crippen LogP contribution in [0.25, 0.3) is 38.3 Å². The molecule has 0 amide bonds. The van der Waals surface area contributed by atoms with E-state index in [9.17, 15) is 39.6 Å². The first kappa shape index (κ1) is 26.4. The van der Waals surface area contributed by atoms with E-state index in [0.29, 0.717) is 0 Å². The van der Waals surface area contributed by atoms with Gasteiger partial charge in [0.2, 0.25) is 11.6 Å². The second kappa shape index (κ2) is 8.86. The quantitative estimate of drug-likeness (QED) is 0.180. The lowest BCUT2D eigenvalue weighted by Crippen LogP contribution is -2.23. The summed E-state index contributed by atoms with van der Waals surface area (Å²) in [5, 5.41) is 43.7. The third-order valence-electron chi connectivity index (χ3n) is 7.19. The van der Waals surface area contributed by atoms with Gasteiger partial charge in [0.05, 0.1) is 36.3 Å². The molecule has 212 valence electrons. The van der Waals surface area contributed by atoms with E-state index in [2.05, 4.69) is 0 Å². The molecule has 2 heterocycles. The van der Waals surface area contributed by atoms with E-state index in [1.807, 2.05) is 0 Å². The van der Waals surface area contributed by atoms with Crippen molar-refractivity contribution in [3.8, 4) is 28.7 Å². The zero-order chi connectivity index (χ0) is 30.4. The van der Waals surface area contributed by atoms with E-state index >= 15 is 0 Å². The normalized spacial score (nSPS) is 13.3. The van der Waals surface area contributed by atoms with Crippen molar-refractivity contribution >= 4 is 49.9 Å². The van der Waals surface area contributed by atoms with Gasteiger partial charge in [-0.3, -0.25) is 19.2 Å². The number of phenolic OH excluding ortho intramolecular Hbond substituents is 4. The molecule has 0 unspecified atom stereocenters. The molecule has 5 aromatic rings. The lowest BCUT2D eigenvalue weighted by atomic mass is 9.82. The number of hydrogen-bond acceptors (Lipinski definition) is 12. The average molecular weight is 572 g/mol. The van der Waals surface area contributed by atoms with Crippen LogP contribution in [-0.2, 0) is 4.74 Å². The number of ketones is 2. The maximum absolute atomic E-state index is 14.1. The maximum Gasteiger partial charge on any atom is 0.229 e. The number of rotatable bonds is 3. The summed E-state index contributed by atoms with van der Waals surface area (Å²) >= 11 is 0. The van der Waals surface area contributed by atoms with E-state index in [1.54, 1.807) is 0 Å². The van der Waals surface area contributed by atoms with E-state index < -0.39 is 79.0 Å². The first-order valence-electron chi connectivity index (χ1n) is 12.3. The number of phenols is 4. The molecule has 0 saturated carbocycles. The Labute approximate surface area is 233 Å². The molecule has 2 aromatic heterocycles. The van der Waals surface area contributed by atoms with Crippen molar-refractivity contribution in [2.24, 2.45) is 0 Å². The Hall–Kier alpha value is -5.78. The van der Waals surface area contributed by atoms with Gasteiger partial charge in [-0.1, -0.05) is 0 Å². The van der Waals surface area contributed by atoms with Crippen LogP contribution in [0.4, 0.5) is 0 Å². The number of carbonyl (C=O) groups is 2. The number of ether oxygens (including phenoxy) is 2. The number of carbonyl (C=O) groups excluding carboxylic acids is 2. The Bertz CT molecular complexity index is 2250. The Morgan fingerprint density at radius 1 is 0.619 bits per heavy atom. The smallest absolute Gasteiger partial charge is 0.229 e. The molecule has 0 atom stereocenters. The molecule has 12 heteroatoms. The summed E-state index contributed by atoms with van der Waals surface area (Å²) in [6.07, 6.45) is 0. The minimum absolute atomic E-state index is 0.102. The van der Waals surface area contributed by atoms with Gasteiger partial charge in [-0.25, -0.2) is 0 Å². The Kier molecular flexibility index (Phi) is 5.58. The first-order valence-corrected chi connectivity index (χ1v) is 12.3. The molecule has 0 fully saturated rings. The second-order valence-electron chi connectivity index (χ2n) is 9.66. The van der Waals surface area contributed by atoms with Crippen LogP contribution in [0.15, 0.2) is 48.4 Å². The molecule has 1 aliphatic carbocycles. The zero-order valence-corrected chi connectivity index (χ0v) is 22.4. The van der Waals surface area contributed by atoms with Crippen molar-refractivity contribution in [2.75, 3.05) is 14.2 Å². The van der Waals surface area contributed by atoms with Crippen molar-refractivity contribution in [2.45, 2.75) is 13.8 Å². The topological polar surface area (TPSA) is 194 Å². The number of Topliss-reactive ketones (excluding diaryl/α,β-unsaturated/α-hetero) is 2. The van der Waals surface area contributed by atoms with Crippen LogP contribution in [0.5, 0.6) is 28.7 Å². The number of benzene rings is 3. The number of hydrogen-bond donors (Lipinski definition) is 4. The summed E-state index contributed by atoms with van der Waals surface area (Å²) in [6.45, 7) is 3.00. The fourth-order valence-corrected chi connectivity index (χ4v) is 5.47. The zero-order valence-electron chi connectivity index (χ0n) is 22.4. The van der Waals surface area contributed by atoms with Crippen molar-refractivity contribution in [1.29, 1.82) is 0 Å². The molecule has 1 aliphatic rings. The monoisotopic (exact) mass is 572 g/mol. The van der Waals surface area contributed by atoms with Gasteiger partial charge in [0.25, 0.3) is 0 Å². The van der Waals surface area contributed by atoms with Crippen LogP contribution in [0.2, 0.25) is 0 Å². The SMILES string of the molecule is COC1=C(c2c(OC)c(O)c3cc4oc(C)cc(=O)c4c(O)c3c2O)C(=O)c2c(cc3oc(C)cc(=O)c3c2O)C1=O. The second-order valence-corrected chi connectivity index (χ2v) is 9.66. The highest BCUT2D eigenvalue weighted by Gasteiger charge is 2.41. The molecule has 42 heavy (non-hydrogen) atoms. The Morgan fingerprint density at radius 3 is 1.74 bits per heavy atom. The van der Waals surface area contributed by atoms with Gasteiger partial charge in [0.15, 0.2) is 28.1 Å². The number of aromatic hydroxyl groups is 4. The van der Waals surface area contributed by atoms with Gasteiger partial charge >= 0.3 is 0 Å². The molecule has 12 nitrogen and oxygen atoms in total. The van der Waals surface area contributed by atoms with Crippen LogP contribution in [0.3, 0.4) is 0 Å². The predicted octanol–water partition coefficient (Wildman–Crippen LogP) is 3.94. The standard InChI is InChI=1S/C30H20O12/c1-9-5-13(31)19-15(41-9)7-11-17(25(19)35)27(37)21(29(39-3)23(11)33)22-28(38)18-12(24(34)30(22)40-4)8-16-20(26(18)36)14(32)6-10(2)42-16/h5-8,33,35-37H,1-4H3. The number of allylic oxidation sites excluding steroid dienone is 2. The number of aryl methyl sites for hydroxylation is 2. The summed E-state index contributed by atoms with van der Waals surface area (Å²) in [5.41, 5.74) is -3.73. The van der Waals surface area contributed by atoms with Crippen molar-refractivity contribution < 1.29 is 48.3 Å². The van der Waals surface area contributed by atoms with E-state index in [0.717, 1.165) is 32.4 Å². The minimum Gasteiger partial charge on any atom is -0.506 e. The summed E-state index contributed by atoms with van der Waals surface area (Å²) < 4.78 is 21.7. The molecule has 0 spiro atoms. The van der Waals surface area contributed by atoms with Gasteiger partial charge in [-0.15, -0.1) is 0 Å². The van der Waals surface area contributed by atoms with Crippen molar-refractivity contribution in [3.63, 3.8) is 0 Å². The highest BCUT2D eigenvalue weighted by atomic mass is 16.5. The van der Waals surface area contributed by atoms with Gasteiger partial charge in [0.1, 0.15) is 50.7 Å². The minimum atomic E-state index is -1.08. The molecule has 0 saturated heterocycles. The summed E-state index contributed by atoms with van der Waals surface area (Å²) in [6, 6.07) is 4.55. The molecule has 0 aliphatic heterocycles. The lowest BCUT2D eigenvalue weighted by Gasteiger charge is -2.24. The fourth-order valence-electron chi connectivity index (χ4n) is 5.47. The summed E-state index contributed by atoms with van der Waals surface area (Å²) in [4.78, 5) is 53.2. The molecule has 6 rings (SSSR count). The highest BCUT2D eigenvalue weighted by molar-refractivity contribution is 6.42. The van der Waals surface area contributed by atoms with Crippen LogP contribution in [0, 0.1) is 13.8 Å². The third kappa shape index (κ3) is 3.35. The van der Waals surface area contributed by atoms with Crippen LogP contribution < -0.4 is 15.6 Å². The largest absolute Gasteiger partial charge is 0.506 e. The maximum atomic E-state index is 14.1. The Balaban J connectivity index is 1.76. The van der Waals surface area contributed by atoms with E-state index in [4.69, 9.17) is 18.3 Å². The first-order chi connectivity index (χ1) is 19.9. The van der Waals surface area contributed by atoms with Crippen LogP contribution in [0.1, 0.15) is 37.8 Å². The molecule has 3 aromatic carbocycles. The lowest BCUT2D eigenvalue weighted by molar-refractivity contribution is 0.0923. The molecule has 0 bridgehead atoms. The fraction of sp³-hybridized carbons (Fsp3) is 0.133. The summed E-state index contributed by atoms with van der Waals surface area (Å²) in [5.74, 6) is -5.86. The van der Waals surface area contributed by atoms with Crippen LogP contribution in [-0.4, -0.2) is 46.2 Å². The van der Waals surface area contributed by atoms with Crippen molar-refractivity contribution in [3.05, 3.63) is 78.7 Å². The number of fused-ring (bicyclic) bond motifs is 4. The molecule has 4 N–H and O–H groups in total. The van der Waals surface area contributed by atoms with Crippen molar-refractivity contribution in [1.82, 2.24) is 0 Å². The van der Waals surface area contributed by atoms with E-state index in [1.165, 1.54) is 19.9 Å². The van der Waals surface area contributed by atoms with Crippen LogP contribution >= 0.6 is 0 Å². The molecule has 0 radical (unpaired) electrons. The molecular formula is C30H20O12. The van der Waals surface area contributed by atoms with Gasteiger partial charge < -0.3 is 38.7 Å². The van der Waals surface area contributed by atoms with Gasteiger partial charge in [-0.05, 0) is 26.0 Å². The number of methoxy groups -OCH3 is 2.